The molecule has 0 radical (unpaired) electrons. The van der Waals surface area contributed by atoms with E-state index in [1.807, 2.05) is 0 Å². The predicted molar refractivity (Wildman–Crippen MR) is 37.4 cm³/mol. The van der Waals surface area contributed by atoms with Crippen molar-refractivity contribution in [3.05, 3.63) is 12.2 Å². The topological polar surface area (TPSA) is 142 Å². The zero-order valence-electron chi connectivity index (χ0n) is 5.63. The Labute approximate surface area is 62.7 Å². The van der Waals surface area contributed by atoms with Crippen LogP contribution in [0.5, 0.6) is 0 Å². The van der Waals surface area contributed by atoms with Crippen LogP contribution in [-0.4, -0.2) is 17.3 Å². The molecule has 0 saturated carbocycles. The molecule has 7 heteroatoms. The van der Waals surface area contributed by atoms with E-state index in [1.54, 1.807) is 10.9 Å². The molecule has 64 valence electrons. The molecular weight excluding hydrogens is 152 g/mol. The fourth-order valence-corrected chi connectivity index (χ4v) is 0.248. The Hall–Kier alpha value is -1.44. The molecule has 0 aromatic carbocycles. The second-order valence-corrected chi connectivity index (χ2v) is 1.35. The maximum atomic E-state index is 10.3. The van der Waals surface area contributed by atoms with Crippen LogP contribution in [0.15, 0.2) is 12.2 Å². The van der Waals surface area contributed by atoms with E-state index in [0.29, 0.717) is 0 Å². The van der Waals surface area contributed by atoms with Crippen LogP contribution in [0.2, 0.25) is 0 Å². The molecule has 11 heavy (non-hydrogen) atoms. The van der Waals surface area contributed by atoms with Gasteiger partial charge in [0.05, 0.1) is 0 Å². The molecule has 7 nitrogen and oxygen atoms in total. The molecule has 0 unspecified atom stereocenters. The molecule has 0 aliphatic carbocycles. The molecule has 0 bridgehead atoms. The van der Waals surface area contributed by atoms with E-state index in [2.05, 4.69) is 11.7 Å². The zero-order chi connectivity index (χ0) is 7.98. The van der Waals surface area contributed by atoms with Gasteiger partial charge >= 0.3 is 0 Å². The number of amides is 2. The molecule has 2 amide bonds. The van der Waals surface area contributed by atoms with Gasteiger partial charge in [0.2, 0.25) is 0 Å². The van der Waals surface area contributed by atoms with Crippen molar-refractivity contribution in [1.29, 1.82) is 0 Å². The normalized spacial score (nSPS) is 8.55. The third-order valence-electron chi connectivity index (χ3n) is 0.671. The average Bonchev–Trinajstić information content (AvgIpc) is 1.99. The summed E-state index contributed by atoms with van der Waals surface area (Å²) in [5.74, 6) is 8.24. The molecule has 0 aromatic rings. The smallest absolute Gasteiger partial charge is 0.258 e. The largest absolute Gasteiger partial charge is 0.412 e. The predicted octanol–water partition coefficient (Wildman–Crippen LogP) is -3.30. The van der Waals surface area contributed by atoms with E-state index in [-0.39, 0.29) is 5.48 Å². The number of nitrogens with one attached hydrogen (secondary N) is 2. The Kier molecular flexibility index (Phi) is 7.44. The Morgan fingerprint density at radius 3 is 1.45 bits per heavy atom. The summed E-state index contributed by atoms with van der Waals surface area (Å²) in [6.45, 7) is 0. The summed E-state index contributed by atoms with van der Waals surface area (Å²) >= 11 is 0. The van der Waals surface area contributed by atoms with Crippen LogP contribution in [0.1, 0.15) is 0 Å². The summed E-state index contributed by atoms with van der Waals surface area (Å²) < 4.78 is 0. The maximum absolute atomic E-state index is 10.3. The summed E-state index contributed by atoms with van der Waals surface area (Å²) in [7, 11) is 0. The molecule has 0 fully saturated rings. The number of hydrazine groups is 2. The van der Waals surface area contributed by atoms with Crippen LogP contribution in [0.4, 0.5) is 0 Å². The van der Waals surface area contributed by atoms with Crippen LogP contribution in [0.25, 0.3) is 0 Å². The first-order valence-corrected chi connectivity index (χ1v) is 2.40. The highest BCUT2D eigenvalue weighted by molar-refractivity contribution is 5.96. The summed E-state index contributed by atoms with van der Waals surface area (Å²) in [6.07, 6.45) is 1.92. The van der Waals surface area contributed by atoms with Gasteiger partial charge in [-0.3, -0.25) is 20.4 Å². The lowest BCUT2D eigenvalue weighted by Crippen LogP contribution is -2.30. The molecule has 0 aliphatic rings. The number of hydrogen-bond acceptors (Lipinski definition) is 4. The minimum atomic E-state index is -0.566. The minimum Gasteiger partial charge on any atom is -0.412 e. The van der Waals surface area contributed by atoms with Crippen molar-refractivity contribution in [3.8, 4) is 0 Å². The molecule has 0 rings (SSSR count). The Balaban J connectivity index is 0. The Bertz CT molecular complexity index is 149. The van der Waals surface area contributed by atoms with Gasteiger partial charge in [0.1, 0.15) is 0 Å². The molecule has 0 aromatic heterocycles. The molecular formula is C4H10N4O3. The molecule has 0 aliphatic heterocycles. The lowest BCUT2D eigenvalue weighted by molar-refractivity contribution is -0.118. The molecule has 8 N–H and O–H groups in total. The second kappa shape index (κ2) is 6.68. The lowest BCUT2D eigenvalue weighted by atomic mass is 10.4. The van der Waals surface area contributed by atoms with Crippen molar-refractivity contribution in [1.82, 2.24) is 10.9 Å². The van der Waals surface area contributed by atoms with E-state index >= 15 is 0 Å². The van der Waals surface area contributed by atoms with Crippen molar-refractivity contribution in [3.63, 3.8) is 0 Å². The van der Waals surface area contributed by atoms with Gasteiger partial charge in [0.15, 0.2) is 0 Å². The van der Waals surface area contributed by atoms with Crippen molar-refractivity contribution in [2.75, 3.05) is 0 Å². The quantitative estimate of drug-likeness (QED) is 0.146. The van der Waals surface area contributed by atoms with E-state index < -0.39 is 11.8 Å². The first-order valence-electron chi connectivity index (χ1n) is 2.40. The van der Waals surface area contributed by atoms with Gasteiger partial charge in [0, 0.05) is 12.2 Å². The van der Waals surface area contributed by atoms with Gasteiger partial charge in [-0.2, -0.15) is 0 Å². The van der Waals surface area contributed by atoms with Gasteiger partial charge in [-0.05, 0) is 0 Å². The fourth-order valence-electron chi connectivity index (χ4n) is 0.248. The number of carbonyl (C=O) groups excluding carboxylic acids is 2. The summed E-state index contributed by atoms with van der Waals surface area (Å²) in [5, 5.41) is 0. The fraction of sp³-hybridized carbons (Fsp3) is 0. The summed E-state index contributed by atoms with van der Waals surface area (Å²) in [6, 6.07) is 0. The van der Waals surface area contributed by atoms with Crippen LogP contribution < -0.4 is 22.5 Å². The maximum Gasteiger partial charge on any atom is 0.258 e. The van der Waals surface area contributed by atoms with Crippen molar-refractivity contribution >= 4 is 11.8 Å². The average molecular weight is 162 g/mol. The standard InChI is InChI=1S/C4H8N4O2.H2O/c5-7-3(9)1-2-4(10)8-6;/h1-2H,5-6H2,(H,7,9)(H,8,10);1H2/b2-1-;. The van der Waals surface area contributed by atoms with Gasteiger partial charge < -0.3 is 5.48 Å². The number of nitrogens with two attached hydrogens (primary N) is 2. The highest BCUT2D eigenvalue weighted by Crippen LogP contribution is 1.70. The third-order valence-corrected chi connectivity index (χ3v) is 0.671. The highest BCUT2D eigenvalue weighted by atomic mass is 16.2. The number of carbonyl (C=O) groups is 2. The molecule has 0 atom stereocenters. The summed E-state index contributed by atoms with van der Waals surface area (Å²) in [4.78, 5) is 20.6. The van der Waals surface area contributed by atoms with Crippen molar-refractivity contribution in [2.24, 2.45) is 11.7 Å². The van der Waals surface area contributed by atoms with Gasteiger partial charge in [-0.25, -0.2) is 11.7 Å². The van der Waals surface area contributed by atoms with Gasteiger partial charge in [-0.1, -0.05) is 0 Å². The van der Waals surface area contributed by atoms with E-state index in [4.69, 9.17) is 0 Å². The third kappa shape index (κ3) is 6.45. The van der Waals surface area contributed by atoms with E-state index in [1.165, 1.54) is 0 Å². The highest BCUT2D eigenvalue weighted by Gasteiger charge is 1.91. The first-order chi connectivity index (χ1) is 4.70. The first kappa shape index (κ1) is 12.3. The lowest BCUT2D eigenvalue weighted by Gasteiger charge is -1.89. The summed E-state index contributed by atoms with van der Waals surface area (Å²) in [5.41, 5.74) is 3.60. The van der Waals surface area contributed by atoms with Crippen LogP contribution >= 0.6 is 0 Å². The molecule has 0 spiro atoms. The zero-order valence-corrected chi connectivity index (χ0v) is 5.63. The van der Waals surface area contributed by atoms with E-state index in [0.717, 1.165) is 12.2 Å². The number of hydrogen-bond donors (Lipinski definition) is 4. The van der Waals surface area contributed by atoms with E-state index in [9.17, 15) is 9.59 Å². The SMILES string of the molecule is NNC(=O)/C=C\C(=O)NN.O. The number of rotatable bonds is 2. The van der Waals surface area contributed by atoms with Crippen molar-refractivity contribution < 1.29 is 15.1 Å². The monoisotopic (exact) mass is 162 g/mol. The van der Waals surface area contributed by atoms with Crippen molar-refractivity contribution in [2.45, 2.75) is 0 Å². The van der Waals surface area contributed by atoms with Crippen LogP contribution in [0, 0.1) is 0 Å². The van der Waals surface area contributed by atoms with Crippen LogP contribution in [0.3, 0.4) is 0 Å². The Morgan fingerprint density at radius 1 is 1.00 bits per heavy atom. The second-order valence-electron chi connectivity index (χ2n) is 1.35. The Morgan fingerprint density at radius 2 is 1.27 bits per heavy atom. The van der Waals surface area contributed by atoms with Crippen LogP contribution in [-0.2, 0) is 9.59 Å². The van der Waals surface area contributed by atoms with Gasteiger partial charge in [-0.15, -0.1) is 0 Å². The molecule has 0 heterocycles. The molecule has 0 saturated heterocycles. The van der Waals surface area contributed by atoms with Gasteiger partial charge in [0.25, 0.3) is 11.8 Å². The minimum absolute atomic E-state index is 0.